The van der Waals surface area contributed by atoms with Gasteiger partial charge in [-0.15, -0.1) is 0 Å². The maximum atomic E-state index is 11.1. The SMILES string of the molecule is CCOC(=O)CCCCC1=CCC(=O)CC1. The Hall–Kier alpha value is -1.12. The third kappa shape index (κ3) is 5.10. The number of rotatable bonds is 6. The van der Waals surface area contributed by atoms with Gasteiger partial charge >= 0.3 is 5.97 Å². The molecule has 0 saturated heterocycles. The lowest BCUT2D eigenvalue weighted by atomic mass is 9.94. The molecule has 0 aromatic heterocycles. The standard InChI is InChI=1S/C13H20O3/c1-2-16-13(15)6-4-3-5-11-7-9-12(14)10-8-11/h7H,2-6,8-10H2,1H3. The summed E-state index contributed by atoms with van der Waals surface area (Å²) in [4.78, 5) is 22.0. The fraction of sp³-hybridized carbons (Fsp3) is 0.692. The van der Waals surface area contributed by atoms with Crippen LogP contribution >= 0.6 is 0 Å². The van der Waals surface area contributed by atoms with Gasteiger partial charge in [0.1, 0.15) is 5.78 Å². The van der Waals surface area contributed by atoms with Crippen molar-refractivity contribution in [1.82, 2.24) is 0 Å². The van der Waals surface area contributed by atoms with Gasteiger partial charge in [0.25, 0.3) is 0 Å². The van der Waals surface area contributed by atoms with Crippen molar-refractivity contribution in [3.8, 4) is 0 Å². The van der Waals surface area contributed by atoms with Gasteiger partial charge in [0.15, 0.2) is 0 Å². The van der Waals surface area contributed by atoms with Crippen LogP contribution in [0.3, 0.4) is 0 Å². The van der Waals surface area contributed by atoms with E-state index < -0.39 is 0 Å². The average Bonchev–Trinajstić information content (AvgIpc) is 2.27. The van der Waals surface area contributed by atoms with E-state index >= 15 is 0 Å². The maximum absolute atomic E-state index is 11.1. The molecular formula is C13H20O3. The molecule has 90 valence electrons. The summed E-state index contributed by atoms with van der Waals surface area (Å²) in [5.74, 6) is 0.241. The van der Waals surface area contributed by atoms with Gasteiger partial charge in [0, 0.05) is 19.3 Å². The highest BCUT2D eigenvalue weighted by Gasteiger charge is 2.10. The molecule has 1 aliphatic carbocycles. The average molecular weight is 224 g/mol. The Morgan fingerprint density at radius 2 is 2.19 bits per heavy atom. The van der Waals surface area contributed by atoms with Crippen molar-refractivity contribution in [3.63, 3.8) is 0 Å². The zero-order valence-electron chi connectivity index (χ0n) is 9.96. The first kappa shape index (κ1) is 12.9. The number of esters is 1. The third-order valence-corrected chi connectivity index (χ3v) is 2.78. The molecule has 0 heterocycles. The highest BCUT2D eigenvalue weighted by Crippen LogP contribution is 2.20. The molecule has 0 bridgehead atoms. The van der Waals surface area contributed by atoms with Crippen molar-refractivity contribution >= 4 is 11.8 Å². The molecule has 0 atom stereocenters. The smallest absolute Gasteiger partial charge is 0.305 e. The Kier molecular flexibility index (Phi) is 5.83. The zero-order valence-corrected chi connectivity index (χ0v) is 9.96. The summed E-state index contributed by atoms with van der Waals surface area (Å²) in [7, 11) is 0. The van der Waals surface area contributed by atoms with Crippen molar-refractivity contribution in [2.24, 2.45) is 0 Å². The fourth-order valence-corrected chi connectivity index (χ4v) is 1.84. The second-order valence-electron chi connectivity index (χ2n) is 4.12. The quantitative estimate of drug-likeness (QED) is 0.396. The number of ether oxygens (including phenoxy) is 1. The van der Waals surface area contributed by atoms with Crippen LogP contribution in [0.5, 0.6) is 0 Å². The number of ketones is 1. The van der Waals surface area contributed by atoms with Crippen LogP contribution in [0.25, 0.3) is 0 Å². The number of unbranched alkanes of at least 4 members (excludes halogenated alkanes) is 1. The molecule has 0 aromatic rings. The van der Waals surface area contributed by atoms with E-state index in [-0.39, 0.29) is 5.97 Å². The predicted molar refractivity (Wildman–Crippen MR) is 62.0 cm³/mol. The van der Waals surface area contributed by atoms with Crippen LogP contribution in [-0.2, 0) is 14.3 Å². The molecule has 0 N–H and O–H groups in total. The van der Waals surface area contributed by atoms with E-state index in [9.17, 15) is 9.59 Å². The van der Waals surface area contributed by atoms with Crippen LogP contribution in [0, 0.1) is 0 Å². The molecule has 0 amide bonds. The fourth-order valence-electron chi connectivity index (χ4n) is 1.84. The van der Waals surface area contributed by atoms with Crippen molar-refractivity contribution in [2.45, 2.75) is 51.9 Å². The molecule has 1 rings (SSSR count). The van der Waals surface area contributed by atoms with Crippen molar-refractivity contribution in [3.05, 3.63) is 11.6 Å². The molecule has 0 aromatic carbocycles. The summed E-state index contributed by atoms with van der Waals surface area (Å²) in [6, 6.07) is 0. The summed E-state index contributed by atoms with van der Waals surface area (Å²) >= 11 is 0. The molecular weight excluding hydrogens is 204 g/mol. The van der Waals surface area contributed by atoms with Gasteiger partial charge in [-0.25, -0.2) is 0 Å². The lowest BCUT2D eigenvalue weighted by Crippen LogP contribution is -2.05. The normalized spacial score (nSPS) is 15.8. The number of hydrogen-bond donors (Lipinski definition) is 0. The second kappa shape index (κ2) is 7.20. The molecule has 1 aliphatic rings. The number of carbonyl (C=O) groups is 2. The van der Waals surface area contributed by atoms with Gasteiger partial charge in [-0.05, 0) is 32.6 Å². The largest absolute Gasteiger partial charge is 0.466 e. The Morgan fingerprint density at radius 1 is 1.38 bits per heavy atom. The first-order valence-electron chi connectivity index (χ1n) is 6.07. The van der Waals surface area contributed by atoms with Gasteiger partial charge < -0.3 is 4.74 Å². The summed E-state index contributed by atoms with van der Waals surface area (Å²) in [5, 5.41) is 0. The molecule has 16 heavy (non-hydrogen) atoms. The number of hydrogen-bond acceptors (Lipinski definition) is 3. The molecule has 3 heteroatoms. The molecule has 0 saturated carbocycles. The molecule has 0 radical (unpaired) electrons. The molecule has 3 nitrogen and oxygen atoms in total. The monoisotopic (exact) mass is 224 g/mol. The van der Waals surface area contributed by atoms with E-state index in [1.54, 1.807) is 0 Å². The summed E-state index contributed by atoms with van der Waals surface area (Å²) in [5.41, 5.74) is 1.38. The van der Waals surface area contributed by atoms with Gasteiger partial charge in [-0.2, -0.15) is 0 Å². The Labute approximate surface area is 96.9 Å². The molecule has 0 aliphatic heterocycles. The highest BCUT2D eigenvalue weighted by atomic mass is 16.5. The van der Waals surface area contributed by atoms with Crippen LogP contribution < -0.4 is 0 Å². The van der Waals surface area contributed by atoms with Crippen LogP contribution in [0.4, 0.5) is 0 Å². The van der Waals surface area contributed by atoms with E-state index in [0.717, 1.165) is 25.7 Å². The number of allylic oxidation sites excluding steroid dienone is 2. The van der Waals surface area contributed by atoms with Gasteiger partial charge in [-0.1, -0.05) is 11.6 Å². The Morgan fingerprint density at radius 3 is 2.81 bits per heavy atom. The number of Topliss-reactive ketones (excluding diaryl/α,β-unsaturated/α-hetero) is 1. The Bertz CT molecular complexity index is 279. The minimum absolute atomic E-state index is 0.102. The first-order chi connectivity index (χ1) is 7.72. The topological polar surface area (TPSA) is 43.4 Å². The summed E-state index contributed by atoms with van der Waals surface area (Å²) in [6.45, 7) is 2.29. The van der Waals surface area contributed by atoms with Gasteiger partial charge in [0.05, 0.1) is 6.61 Å². The molecule has 0 fully saturated rings. The summed E-state index contributed by atoms with van der Waals surface area (Å²) in [6.07, 6.45) is 7.70. The third-order valence-electron chi connectivity index (χ3n) is 2.78. The van der Waals surface area contributed by atoms with Crippen LogP contribution in [0.2, 0.25) is 0 Å². The summed E-state index contributed by atoms with van der Waals surface area (Å²) < 4.78 is 4.85. The molecule has 0 unspecified atom stereocenters. The van der Waals surface area contributed by atoms with Crippen molar-refractivity contribution in [2.75, 3.05) is 6.61 Å². The van der Waals surface area contributed by atoms with E-state index in [4.69, 9.17) is 4.74 Å². The van der Waals surface area contributed by atoms with Crippen LogP contribution in [-0.4, -0.2) is 18.4 Å². The maximum Gasteiger partial charge on any atom is 0.305 e. The van der Waals surface area contributed by atoms with Gasteiger partial charge in [-0.3, -0.25) is 9.59 Å². The minimum Gasteiger partial charge on any atom is -0.466 e. The van der Waals surface area contributed by atoms with Crippen LogP contribution in [0.1, 0.15) is 51.9 Å². The highest BCUT2D eigenvalue weighted by molar-refractivity contribution is 5.81. The van der Waals surface area contributed by atoms with E-state index in [1.807, 2.05) is 6.92 Å². The Balaban J connectivity index is 2.07. The zero-order chi connectivity index (χ0) is 11.8. The number of carbonyl (C=O) groups excluding carboxylic acids is 2. The first-order valence-corrected chi connectivity index (χ1v) is 6.07. The lowest BCUT2D eigenvalue weighted by Gasteiger charge is -2.11. The van der Waals surface area contributed by atoms with E-state index in [1.165, 1.54) is 5.57 Å². The van der Waals surface area contributed by atoms with E-state index in [0.29, 0.717) is 31.7 Å². The second-order valence-corrected chi connectivity index (χ2v) is 4.12. The lowest BCUT2D eigenvalue weighted by molar-refractivity contribution is -0.143. The van der Waals surface area contributed by atoms with Crippen LogP contribution in [0.15, 0.2) is 11.6 Å². The van der Waals surface area contributed by atoms with Crippen molar-refractivity contribution in [1.29, 1.82) is 0 Å². The van der Waals surface area contributed by atoms with Crippen molar-refractivity contribution < 1.29 is 14.3 Å². The predicted octanol–water partition coefficient (Wildman–Crippen LogP) is 2.79. The van der Waals surface area contributed by atoms with E-state index in [2.05, 4.69) is 6.08 Å². The molecule has 0 spiro atoms. The van der Waals surface area contributed by atoms with Gasteiger partial charge in [0.2, 0.25) is 0 Å². The minimum atomic E-state index is -0.102.